The molecule has 1 heteroatoms. The highest BCUT2D eigenvalue weighted by molar-refractivity contribution is 5.10. The zero-order valence-corrected chi connectivity index (χ0v) is 8.92. The van der Waals surface area contributed by atoms with Crippen LogP contribution in [0.2, 0.25) is 0 Å². The van der Waals surface area contributed by atoms with E-state index in [2.05, 4.69) is 13.0 Å². The molecular weight excluding hydrogens is 160 g/mol. The van der Waals surface area contributed by atoms with Crippen molar-refractivity contribution in [1.82, 2.24) is 0 Å². The monoisotopic (exact) mass is 182 g/mol. The van der Waals surface area contributed by atoms with Gasteiger partial charge in [-0.25, -0.2) is 0 Å². The zero-order chi connectivity index (χ0) is 9.94. The van der Waals surface area contributed by atoms with Crippen molar-refractivity contribution in [2.75, 3.05) is 6.61 Å². The fourth-order valence-electron chi connectivity index (χ4n) is 1.07. The van der Waals surface area contributed by atoms with Crippen molar-refractivity contribution in [1.29, 1.82) is 0 Å². The van der Waals surface area contributed by atoms with Crippen molar-refractivity contribution in [3.05, 3.63) is 23.8 Å². The minimum absolute atomic E-state index is 0.167. The van der Waals surface area contributed by atoms with Crippen LogP contribution in [0.1, 0.15) is 46.0 Å². The third-order valence-electron chi connectivity index (χ3n) is 1.99. The Balaban J connectivity index is 3.31. The molecule has 0 saturated heterocycles. The molecule has 0 saturated carbocycles. The summed E-state index contributed by atoms with van der Waals surface area (Å²) in [5.41, 5.74) is 1.02. The van der Waals surface area contributed by atoms with Gasteiger partial charge in [0, 0.05) is 0 Å². The first kappa shape index (κ1) is 12.4. The van der Waals surface area contributed by atoms with Crippen molar-refractivity contribution in [3.8, 4) is 0 Å². The van der Waals surface area contributed by atoms with Gasteiger partial charge in [-0.05, 0) is 25.3 Å². The van der Waals surface area contributed by atoms with E-state index < -0.39 is 0 Å². The molecule has 0 aromatic rings. The molecule has 0 fully saturated rings. The van der Waals surface area contributed by atoms with E-state index in [4.69, 9.17) is 5.11 Å². The zero-order valence-electron chi connectivity index (χ0n) is 8.92. The number of allylic oxidation sites excluding steroid dienone is 3. The predicted molar refractivity (Wildman–Crippen MR) is 58.7 cm³/mol. The van der Waals surface area contributed by atoms with E-state index in [-0.39, 0.29) is 6.61 Å². The Hall–Kier alpha value is -0.560. The summed E-state index contributed by atoms with van der Waals surface area (Å²) in [7, 11) is 0. The van der Waals surface area contributed by atoms with Gasteiger partial charge in [0.1, 0.15) is 0 Å². The number of unbranched alkanes of at least 4 members (excludes halogenated alkanes) is 4. The largest absolute Gasteiger partial charge is 0.392 e. The lowest BCUT2D eigenvalue weighted by atomic mass is 10.1. The molecule has 0 aromatic heterocycles. The average molecular weight is 182 g/mol. The van der Waals surface area contributed by atoms with Crippen LogP contribution in [0, 0.1) is 0 Å². The number of hydrogen-bond acceptors (Lipinski definition) is 1. The highest BCUT2D eigenvalue weighted by Crippen LogP contribution is 2.03. The van der Waals surface area contributed by atoms with Crippen molar-refractivity contribution >= 4 is 0 Å². The summed E-state index contributed by atoms with van der Waals surface area (Å²) in [6.45, 7) is 4.32. The second kappa shape index (κ2) is 9.53. The first-order chi connectivity index (χ1) is 6.31. The predicted octanol–water partition coefficient (Wildman–Crippen LogP) is 3.45. The van der Waals surface area contributed by atoms with Crippen LogP contribution < -0.4 is 0 Å². The number of hydrogen-bond donors (Lipinski definition) is 1. The van der Waals surface area contributed by atoms with Gasteiger partial charge in [0.05, 0.1) is 6.61 Å². The van der Waals surface area contributed by atoms with E-state index in [0.717, 1.165) is 12.0 Å². The summed E-state index contributed by atoms with van der Waals surface area (Å²) in [6, 6.07) is 0. The molecule has 0 aliphatic carbocycles. The molecule has 0 rings (SSSR count). The number of rotatable bonds is 7. The molecule has 0 atom stereocenters. The Labute approximate surface area is 82.2 Å². The van der Waals surface area contributed by atoms with Crippen LogP contribution in [0.15, 0.2) is 23.8 Å². The van der Waals surface area contributed by atoms with Gasteiger partial charge in [-0.3, -0.25) is 0 Å². The van der Waals surface area contributed by atoms with Crippen LogP contribution in [0.5, 0.6) is 0 Å². The Morgan fingerprint density at radius 1 is 1.23 bits per heavy atom. The highest BCUT2D eigenvalue weighted by atomic mass is 16.3. The van der Waals surface area contributed by atoms with E-state index in [1.54, 1.807) is 0 Å². The molecule has 0 aromatic carbocycles. The second-order valence-corrected chi connectivity index (χ2v) is 3.45. The lowest BCUT2D eigenvalue weighted by molar-refractivity contribution is 0.331. The van der Waals surface area contributed by atoms with Crippen LogP contribution in [0.4, 0.5) is 0 Å². The summed E-state index contributed by atoms with van der Waals surface area (Å²) < 4.78 is 0. The summed E-state index contributed by atoms with van der Waals surface area (Å²) in [5.74, 6) is 0. The van der Waals surface area contributed by atoms with Gasteiger partial charge < -0.3 is 5.11 Å². The van der Waals surface area contributed by atoms with E-state index >= 15 is 0 Å². The topological polar surface area (TPSA) is 20.2 Å². The van der Waals surface area contributed by atoms with Crippen LogP contribution >= 0.6 is 0 Å². The van der Waals surface area contributed by atoms with Gasteiger partial charge in [-0.15, -0.1) is 0 Å². The van der Waals surface area contributed by atoms with Crippen molar-refractivity contribution in [2.24, 2.45) is 0 Å². The maximum Gasteiger partial charge on any atom is 0.0642 e. The number of aliphatic hydroxyl groups is 1. The first-order valence-electron chi connectivity index (χ1n) is 5.24. The Morgan fingerprint density at radius 3 is 2.62 bits per heavy atom. The van der Waals surface area contributed by atoms with Gasteiger partial charge in [0.15, 0.2) is 0 Å². The fraction of sp³-hybridized carbons (Fsp3) is 0.667. The molecule has 0 heterocycles. The number of aliphatic hydroxyl groups excluding tert-OH is 1. The normalized spacial score (nSPS) is 12.7. The molecule has 13 heavy (non-hydrogen) atoms. The molecule has 1 N–H and O–H groups in total. The maximum atomic E-state index is 8.71. The summed E-state index contributed by atoms with van der Waals surface area (Å²) in [6.07, 6.45) is 12.6. The summed E-state index contributed by atoms with van der Waals surface area (Å²) in [4.78, 5) is 0. The Morgan fingerprint density at radius 2 is 2.00 bits per heavy atom. The van der Waals surface area contributed by atoms with Crippen molar-refractivity contribution in [3.63, 3.8) is 0 Å². The standard InChI is InChI=1S/C12H22O/c1-3-4-5-6-7-8-9-10-12(2)11-13/h8-10,13H,3-7,11H2,1-2H3. The first-order valence-corrected chi connectivity index (χ1v) is 5.24. The van der Waals surface area contributed by atoms with E-state index in [0.29, 0.717) is 0 Å². The van der Waals surface area contributed by atoms with Gasteiger partial charge in [0.25, 0.3) is 0 Å². The molecule has 0 bridgehead atoms. The van der Waals surface area contributed by atoms with Crippen LogP contribution in [0.3, 0.4) is 0 Å². The van der Waals surface area contributed by atoms with Crippen LogP contribution in [-0.2, 0) is 0 Å². The molecule has 0 spiro atoms. The van der Waals surface area contributed by atoms with Gasteiger partial charge in [0.2, 0.25) is 0 Å². The lowest BCUT2D eigenvalue weighted by Gasteiger charge is -1.93. The van der Waals surface area contributed by atoms with E-state index in [1.807, 2.05) is 19.1 Å². The second-order valence-electron chi connectivity index (χ2n) is 3.45. The van der Waals surface area contributed by atoms with Gasteiger partial charge >= 0.3 is 0 Å². The van der Waals surface area contributed by atoms with Crippen LogP contribution in [0.25, 0.3) is 0 Å². The molecule has 1 nitrogen and oxygen atoms in total. The average Bonchev–Trinajstić information content (AvgIpc) is 2.16. The molecule has 0 unspecified atom stereocenters. The highest BCUT2D eigenvalue weighted by Gasteiger charge is 1.84. The maximum absolute atomic E-state index is 8.71. The Bertz CT molecular complexity index is 157. The Kier molecular flexibility index (Phi) is 9.12. The van der Waals surface area contributed by atoms with Crippen molar-refractivity contribution in [2.45, 2.75) is 46.0 Å². The molecule has 0 aliphatic heterocycles. The minimum Gasteiger partial charge on any atom is -0.392 e. The SMILES string of the molecule is CCCCCCC=CC=C(C)CO. The smallest absolute Gasteiger partial charge is 0.0642 e. The molecule has 0 aliphatic rings. The lowest BCUT2D eigenvalue weighted by Crippen LogP contribution is -1.81. The molecular formula is C12H22O. The fourth-order valence-corrected chi connectivity index (χ4v) is 1.07. The third-order valence-corrected chi connectivity index (χ3v) is 1.99. The third kappa shape index (κ3) is 9.35. The van der Waals surface area contributed by atoms with E-state index in [9.17, 15) is 0 Å². The van der Waals surface area contributed by atoms with E-state index in [1.165, 1.54) is 25.7 Å². The molecule has 76 valence electrons. The molecule has 0 amide bonds. The minimum atomic E-state index is 0.167. The molecule has 0 radical (unpaired) electrons. The quantitative estimate of drug-likeness (QED) is 0.472. The van der Waals surface area contributed by atoms with Gasteiger partial charge in [-0.1, -0.05) is 44.4 Å². The summed E-state index contributed by atoms with van der Waals surface area (Å²) >= 11 is 0. The van der Waals surface area contributed by atoms with Crippen LogP contribution in [-0.4, -0.2) is 11.7 Å². The summed E-state index contributed by atoms with van der Waals surface area (Å²) in [5, 5.41) is 8.71. The van der Waals surface area contributed by atoms with Gasteiger partial charge in [-0.2, -0.15) is 0 Å². The van der Waals surface area contributed by atoms with Crippen molar-refractivity contribution < 1.29 is 5.11 Å².